The third-order valence-corrected chi connectivity index (χ3v) is 3.74. The molecular formula is C9H12N2O2S. The van der Waals surface area contributed by atoms with E-state index in [9.17, 15) is 4.79 Å². The second-order valence-corrected chi connectivity index (χ2v) is 4.81. The molecule has 1 aromatic heterocycles. The van der Waals surface area contributed by atoms with Gasteiger partial charge in [-0.3, -0.25) is 0 Å². The highest BCUT2D eigenvalue weighted by molar-refractivity contribution is 7.16. The first-order chi connectivity index (χ1) is 6.57. The molecule has 76 valence electrons. The molecule has 1 aliphatic rings. The number of esters is 1. The van der Waals surface area contributed by atoms with Gasteiger partial charge in [-0.15, -0.1) is 11.3 Å². The van der Waals surface area contributed by atoms with Crippen molar-refractivity contribution >= 4 is 22.3 Å². The molecular weight excluding hydrogens is 200 g/mol. The van der Waals surface area contributed by atoms with E-state index in [1.54, 1.807) is 0 Å². The molecule has 0 amide bonds. The van der Waals surface area contributed by atoms with Crippen LogP contribution in [0.15, 0.2) is 0 Å². The van der Waals surface area contributed by atoms with Crippen LogP contribution in [0.4, 0.5) is 5.00 Å². The molecule has 1 aliphatic carbocycles. The molecule has 0 aromatic carbocycles. The number of aromatic nitrogens is 1. The van der Waals surface area contributed by atoms with Crippen molar-refractivity contribution in [2.24, 2.45) is 0 Å². The number of hydrogen-bond acceptors (Lipinski definition) is 5. The molecule has 4 nitrogen and oxygen atoms in total. The van der Waals surface area contributed by atoms with Crippen molar-refractivity contribution in [2.75, 3.05) is 12.8 Å². The lowest BCUT2D eigenvalue weighted by Gasteiger charge is -2.00. The van der Waals surface area contributed by atoms with Gasteiger partial charge < -0.3 is 10.5 Å². The number of nitrogens with two attached hydrogens (primary N) is 1. The Morgan fingerprint density at radius 3 is 2.79 bits per heavy atom. The lowest BCUT2D eigenvalue weighted by molar-refractivity contribution is 0.0596. The first kappa shape index (κ1) is 9.45. The van der Waals surface area contributed by atoms with E-state index in [0.717, 1.165) is 17.8 Å². The number of nitrogens with zero attached hydrogens (tertiary/aromatic N) is 1. The SMILES string of the molecule is COC(=O)c1nc(C2(C)CC2)sc1N. The highest BCUT2D eigenvalue weighted by Gasteiger charge is 2.42. The zero-order valence-corrected chi connectivity index (χ0v) is 8.98. The van der Waals surface area contributed by atoms with E-state index in [1.807, 2.05) is 0 Å². The highest BCUT2D eigenvalue weighted by atomic mass is 32.1. The second kappa shape index (κ2) is 2.95. The van der Waals surface area contributed by atoms with Crippen LogP contribution in [0.2, 0.25) is 0 Å². The topological polar surface area (TPSA) is 65.2 Å². The van der Waals surface area contributed by atoms with Gasteiger partial charge in [0.25, 0.3) is 0 Å². The van der Waals surface area contributed by atoms with Gasteiger partial charge in [0.2, 0.25) is 0 Å². The smallest absolute Gasteiger partial charge is 0.359 e. The van der Waals surface area contributed by atoms with Crippen LogP contribution in [-0.2, 0) is 10.2 Å². The fourth-order valence-electron chi connectivity index (χ4n) is 1.23. The zero-order valence-electron chi connectivity index (χ0n) is 8.16. The Bertz CT molecular complexity index is 382. The van der Waals surface area contributed by atoms with E-state index in [0.29, 0.717) is 5.00 Å². The van der Waals surface area contributed by atoms with Crippen LogP contribution in [-0.4, -0.2) is 18.1 Å². The van der Waals surface area contributed by atoms with E-state index < -0.39 is 5.97 Å². The van der Waals surface area contributed by atoms with Crippen LogP contribution in [0.25, 0.3) is 0 Å². The summed E-state index contributed by atoms with van der Waals surface area (Å²) < 4.78 is 4.59. The maximum absolute atomic E-state index is 11.2. The Morgan fingerprint density at radius 1 is 1.64 bits per heavy atom. The number of ether oxygens (including phenoxy) is 1. The van der Waals surface area contributed by atoms with Gasteiger partial charge in [-0.2, -0.15) is 0 Å². The Hall–Kier alpha value is -1.10. The van der Waals surface area contributed by atoms with Crippen molar-refractivity contribution in [3.63, 3.8) is 0 Å². The van der Waals surface area contributed by atoms with Gasteiger partial charge in [0.15, 0.2) is 5.69 Å². The normalized spacial score (nSPS) is 17.9. The Labute approximate surface area is 86.1 Å². The van der Waals surface area contributed by atoms with Gasteiger partial charge in [-0.05, 0) is 12.8 Å². The van der Waals surface area contributed by atoms with Crippen molar-refractivity contribution in [1.29, 1.82) is 0 Å². The monoisotopic (exact) mass is 212 g/mol. The van der Waals surface area contributed by atoms with Crippen molar-refractivity contribution < 1.29 is 9.53 Å². The van der Waals surface area contributed by atoms with E-state index in [4.69, 9.17) is 5.73 Å². The number of carbonyl (C=O) groups excluding carboxylic acids is 1. The third kappa shape index (κ3) is 1.37. The van der Waals surface area contributed by atoms with Gasteiger partial charge in [0.05, 0.1) is 7.11 Å². The maximum Gasteiger partial charge on any atom is 0.359 e. The summed E-state index contributed by atoms with van der Waals surface area (Å²) >= 11 is 1.39. The molecule has 0 bridgehead atoms. The summed E-state index contributed by atoms with van der Waals surface area (Å²) in [5.74, 6) is -0.450. The molecule has 5 heteroatoms. The van der Waals surface area contributed by atoms with Crippen LogP contribution in [0.3, 0.4) is 0 Å². The fourth-order valence-corrected chi connectivity index (χ4v) is 2.26. The lowest BCUT2D eigenvalue weighted by atomic mass is 10.2. The average molecular weight is 212 g/mol. The quantitative estimate of drug-likeness (QED) is 0.755. The summed E-state index contributed by atoms with van der Waals surface area (Å²) in [6.07, 6.45) is 2.25. The molecule has 0 spiro atoms. The molecule has 1 fully saturated rings. The molecule has 1 heterocycles. The van der Waals surface area contributed by atoms with Gasteiger partial charge in [0, 0.05) is 5.41 Å². The Morgan fingerprint density at radius 2 is 2.29 bits per heavy atom. The third-order valence-electron chi connectivity index (χ3n) is 2.55. The van der Waals surface area contributed by atoms with Crippen molar-refractivity contribution in [3.05, 3.63) is 10.7 Å². The summed E-state index contributed by atoms with van der Waals surface area (Å²) in [4.78, 5) is 15.5. The van der Waals surface area contributed by atoms with Crippen LogP contribution in [0, 0.1) is 0 Å². The van der Waals surface area contributed by atoms with Crippen LogP contribution in [0.1, 0.15) is 35.3 Å². The summed E-state index contributed by atoms with van der Waals surface area (Å²) in [7, 11) is 1.33. The summed E-state index contributed by atoms with van der Waals surface area (Å²) in [5, 5.41) is 1.41. The molecule has 0 aliphatic heterocycles. The first-order valence-corrected chi connectivity index (χ1v) is 5.23. The summed E-state index contributed by atoms with van der Waals surface area (Å²) in [6.45, 7) is 2.13. The van der Waals surface area contributed by atoms with Gasteiger partial charge in [-0.1, -0.05) is 6.92 Å². The van der Waals surface area contributed by atoms with Crippen molar-refractivity contribution in [2.45, 2.75) is 25.2 Å². The minimum absolute atomic E-state index is 0.158. The zero-order chi connectivity index (χ0) is 10.3. The van der Waals surface area contributed by atoms with Crippen molar-refractivity contribution in [1.82, 2.24) is 4.98 Å². The number of methoxy groups -OCH3 is 1. The molecule has 1 saturated carbocycles. The molecule has 2 N–H and O–H groups in total. The number of rotatable bonds is 2. The molecule has 1 aromatic rings. The second-order valence-electron chi connectivity index (χ2n) is 3.78. The predicted octanol–water partition coefficient (Wildman–Crippen LogP) is 1.56. The number of nitrogen functional groups attached to an aromatic ring is 1. The largest absolute Gasteiger partial charge is 0.464 e. The van der Waals surface area contributed by atoms with Crippen LogP contribution >= 0.6 is 11.3 Å². The molecule has 0 atom stereocenters. The van der Waals surface area contributed by atoms with Gasteiger partial charge >= 0.3 is 5.97 Å². The number of carbonyl (C=O) groups is 1. The highest BCUT2D eigenvalue weighted by Crippen LogP contribution is 2.49. The number of thiazole rings is 1. The maximum atomic E-state index is 11.2. The minimum Gasteiger partial charge on any atom is -0.464 e. The van der Waals surface area contributed by atoms with Crippen LogP contribution < -0.4 is 5.73 Å². The Kier molecular flexibility index (Phi) is 1.99. The van der Waals surface area contributed by atoms with Gasteiger partial charge in [0.1, 0.15) is 10.0 Å². The molecule has 0 radical (unpaired) electrons. The standard InChI is InChI=1S/C9H12N2O2S/c1-9(3-4-9)8-11-5(6(10)14-8)7(12)13-2/h3-4,10H2,1-2H3. The van der Waals surface area contributed by atoms with E-state index in [1.165, 1.54) is 18.4 Å². The van der Waals surface area contributed by atoms with E-state index >= 15 is 0 Å². The average Bonchev–Trinajstić information content (AvgIpc) is 2.78. The first-order valence-electron chi connectivity index (χ1n) is 4.42. The summed E-state index contributed by atoms with van der Waals surface area (Å²) in [6, 6.07) is 0. The van der Waals surface area contributed by atoms with E-state index in [-0.39, 0.29) is 11.1 Å². The van der Waals surface area contributed by atoms with E-state index in [2.05, 4.69) is 16.6 Å². The Balaban J connectivity index is 2.34. The fraction of sp³-hybridized carbons (Fsp3) is 0.556. The lowest BCUT2D eigenvalue weighted by Crippen LogP contribution is -2.06. The predicted molar refractivity (Wildman–Crippen MR) is 54.5 cm³/mol. The van der Waals surface area contributed by atoms with Crippen molar-refractivity contribution in [3.8, 4) is 0 Å². The number of hydrogen-bond donors (Lipinski definition) is 1. The molecule has 2 rings (SSSR count). The van der Waals surface area contributed by atoms with Crippen LogP contribution in [0.5, 0.6) is 0 Å². The molecule has 14 heavy (non-hydrogen) atoms. The minimum atomic E-state index is -0.450. The summed E-state index contributed by atoms with van der Waals surface area (Å²) in [5.41, 5.74) is 6.12. The number of anilines is 1. The molecule has 0 unspecified atom stereocenters. The molecule has 0 saturated heterocycles. The van der Waals surface area contributed by atoms with Gasteiger partial charge in [-0.25, -0.2) is 9.78 Å².